The molecule has 0 atom stereocenters. The Hall–Kier alpha value is -2.00. The third-order valence-corrected chi connectivity index (χ3v) is 2.90. The van der Waals surface area contributed by atoms with Crippen LogP contribution in [0.5, 0.6) is 5.75 Å². The molecule has 0 saturated carbocycles. The van der Waals surface area contributed by atoms with Crippen molar-refractivity contribution in [1.82, 2.24) is 9.38 Å². The molecule has 0 fully saturated rings. The number of fused-ring (bicyclic) bond motifs is 1. The maximum absolute atomic E-state index is 9.48. The molecule has 84 valence electrons. The van der Waals surface area contributed by atoms with Crippen LogP contribution in [0.4, 0.5) is 0 Å². The van der Waals surface area contributed by atoms with Crippen LogP contribution in [0, 0.1) is 0 Å². The average molecular weight is 245 g/mol. The van der Waals surface area contributed by atoms with Gasteiger partial charge in [0.15, 0.2) is 0 Å². The molecular weight excluding hydrogens is 236 g/mol. The maximum atomic E-state index is 9.48. The monoisotopic (exact) mass is 244 g/mol. The number of aromatic nitrogens is 2. The minimum Gasteiger partial charge on any atom is -0.508 e. The van der Waals surface area contributed by atoms with E-state index in [1.807, 2.05) is 28.7 Å². The number of aromatic hydroxyl groups is 1. The van der Waals surface area contributed by atoms with Crippen LogP contribution < -0.4 is 0 Å². The zero-order valence-corrected chi connectivity index (χ0v) is 9.59. The number of nitrogens with zero attached hydrogens (tertiary/aromatic N) is 2. The highest BCUT2D eigenvalue weighted by atomic mass is 35.5. The van der Waals surface area contributed by atoms with Gasteiger partial charge >= 0.3 is 0 Å². The van der Waals surface area contributed by atoms with Crippen LogP contribution in [0.2, 0.25) is 5.15 Å². The van der Waals surface area contributed by atoms with E-state index in [1.54, 1.807) is 24.4 Å². The summed E-state index contributed by atoms with van der Waals surface area (Å²) in [5.41, 5.74) is 1.76. The number of benzene rings is 1. The van der Waals surface area contributed by atoms with Crippen molar-refractivity contribution in [2.75, 3.05) is 0 Å². The molecule has 0 aliphatic heterocycles. The summed E-state index contributed by atoms with van der Waals surface area (Å²) >= 11 is 6.15. The van der Waals surface area contributed by atoms with E-state index in [4.69, 9.17) is 11.6 Å². The van der Waals surface area contributed by atoms with Crippen LogP contribution in [0.1, 0.15) is 0 Å². The Morgan fingerprint density at radius 1 is 1.12 bits per heavy atom. The van der Waals surface area contributed by atoms with Crippen molar-refractivity contribution < 1.29 is 5.11 Å². The molecule has 2 aromatic heterocycles. The summed E-state index contributed by atoms with van der Waals surface area (Å²) in [6.45, 7) is 0. The molecule has 3 nitrogen and oxygen atoms in total. The van der Waals surface area contributed by atoms with Gasteiger partial charge in [-0.1, -0.05) is 29.8 Å². The van der Waals surface area contributed by atoms with E-state index >= 15 is 0 Å². The Labute approximate surface area is 103 Å². The standard InChI is InChI=1S/C13H9ClN2O/c14-12-6-2-4-10-8-15-13(16(10)12)9-3-1-5-11(17)7-9/h1-8,17H. The second-order valence-electron chi connectivity index (χ2n) is 3.74. The van der Waals surface area contributed by atoms with Gasteiger partial charge in [-0.05, 0) is 24.3 Å². The van der Waals surface area contributed by atoms with Gasteiger partial charge in [0.2, 0.25) is 0 Å². The van der Waals surface area contributed by atoms with Gasteiger partial charge in [-0.3, -0.25) is 4.40 Å². The van der Waals surface area contributed by atoms with Crippen LogP contribution in [-0.2, 0) is 0 Å². The number of hydrogen-bond acceptors (Lipinski definition) is 2. The minimum atomic E-state index is 0.214. The van der Waals surface area contributed by atoms with E-state index in [0.717, 1.165) is 16.9 Å². The van der Waals surface area contributed by atoms with Crippen molar-refractivity contribution in [1.29, 1.82) is 0 Å². The topological polar surface area (TPSA) is 37.5 Å². The van der Waals surface area contributed by atoms with Gasteiger partial charge < -0.3 is 5.11 Å². The van der Waals surface area contributed by atoms with Crippen LogP contribution in [0.15, 0.2) is 48.7 Å². The molecule has 0 bridgehead atoms. The van der Waals surface area contributed by atoms with E-state index < -0.39 is 0 Å². The van der Waals surface area contributed by atoms with Crippen molar-refractivity contribution in [2.45, 2.75) is 0 Å². The number of rotatable bonds is 1. The van der Waals surface area contributed by atoms with E-state index in [-0.39, 0.29) is 5.75 Å². The summed E-state index contributed by atoms with van der Waals surface area (Å²) < 4.78 is 1.84. The van der Waals surface area contributed by atoms with Crippen LogP contribution in [-0.4, -0.2) is 14.5 Å². The highest BCUT2D eigenvalue weighted by molar-refractivity contribution is 6.30. The lowest BCUT2D eigenvalue weighted by atomic mass is 10.2. The Kier molecular flexibility index (Phi) is 2.27. The van der Waals surface area contributed by atoms with Crippen molar-refractivity contribution in [2.24, 2.45) is 0 Å². The lowest BCUT2D eigenvalue weighted by Gasteiger charge is -2.04. The molecule has 0 amide bonds. The fourth-order valence-electron chi connectivity index (χ4n) is 1.86. The largest absolute Gasteiger partial charge is 0.508 e. The third kappa shape index (κ3) is 1.65. The quantitative estimate of drug-likeness (QED) is 0.667. The SMILES string of the molecule is Oc1cccc(-c2ncc3cccc(Cl)n23)c1. The van der Waals surface area contributed by atoms with Gasteiger partial charge in [0.25, 0.3) is 0 Å². The first kappa shape index (κ1) is 10.2. The van der Waals surface area contributed by atoms with Gasteiger partial charge in [-0.25, -0.2) is 4.98 Å². The summed E-state index contributed by atoms with van der Waals surface area (Å²) in [5, 5.41) is 10.1. The zero-order chi connectivity index (χ0) is 11.8. The lowest BCUT2D eigenvalue weighted by molar-refractivity contribution is 0.475. The fourth-order valence-corrected chi connectivity index (χ4v) is 2.11. The summed E-state index contributed by atoms with van der Waals surface area (Å²) in [6, 6.07) is 12.6. The van der Waals surface area contributed by atoms with Crippen LogP contribution in [0.25, 0.3) is 16.9 Å². The second kappa shape index (κ2) is 3.79. The molecule has 3 rings (SSSR count). The number of hydrogen-bond donors (Lipinski definition) is 1. The first-order valence-corrected chi connectivity index (χ1v) is 5.55. The molecule has 2 heterocycles. The van der Waals surface area contributed by atoms with Crippen molar-refractivity contribution in [3.05, 3.63) is 53.8 Å². The Morgan fingerprint density at radius 3 is 2.76 bits per heavy atom. The number of phenols is 1. The second-order valence-corrected chi connectivity index (χ2v) is 4.13. The molecule has 3 aromatic rings. The molecule has 1 aromatic carbocycles. The van der Waals surface area contributed by atoms with Gasteiger partial charge in [0.1, 0.15) is 16.7 Å². The number of phenolic OH excluding ortho intramolecular Hbond substituents is 1. The third-order valence-electron chi connectivity index (χ3n) is 2.61. The summed E-state index contributed by atoms with van der Waals surface area (Å²) in [7, 11) is 0. The highest BCUT2D eigenvalue weighted by Crippen LogP contribution is 2.25. The van der Waals surface area contributed by atoms with E-state index in [9.17, 15) is 5.11 Å². The molecule has 4 heteroatoms. The molecule has 17 heavy (non-hydrogen) atoms. The molecule has 0 spiro atoms. The number of halogens is 1. The lowest BCUT2D eigenvalue weighted by Crippen LogP contribution is -1.90. The van der Waals surface area contributed by atoms with E-state index in [0.29, 0.717) is 5.15 Å². The molecule has 1 N–H and O–H groups in total. The van der Waals surface area contributed by atoms with Gasteiger partial charge in [-0.15, -0.1) is 0 Å². The predicted octanol–water partition coefficient (Wildman–Crippen LogP) is 3.36. The minimum absolute atomic E-state index is 0.214. The highest BCUT2D eigenvalue weighted by Gasteiger charge is 2.08. The zero-order valence-electron chi connectivity index (χ0n) is 8.84. The van der Waals surface area contributed by atoms with E-state index in [1.165, 1.54) is 0 Å². The Morgan fingerprint density at radius 2 is 1.94 bits per heavy atom. The molecule has 0 saturated heterocycles. The molecule has 0 unspecified atom stereocenters. The Balaban J connectivity index is 2.31. The normalized spacial score (nSPS) is 10.9. The molecule has 0 radical (unpaired) electrons. The van der Waals surface area contributed by atoms with Gasteiger partial charge in [0, 0.05) is 5.56 Å². The first-order valence-electron chi connectivity index (χ1n) is 5.17. The van der Waals surface area contributed by atoms with Crippen molar-refractivity contribution in [3.8, 4) is 17.1 Å². The van der Waals surface area contributed by atoms with Gasteiger partial charge in [0.05, 0.1) is 11.7 Å². The van der Waals surface area contributed by atoms with Gasteiger partial charge in [-0.2, -0.15) is 0 Å². The van der Waals surface area contributed by atoms with E-state index in [2.05, 4.69) is 4.98 Å². The number of imidazole rings is 1. The first-order chi connectivity index (χ1) is 8.25. The van der Waals surface area contributed by atoms with Crippen molar-refractivity contribution in [3.63, 3.8) is 0 Å². The molecule has 0 aliphatic carbocycles. The molecule has 0 aliphatic rings. The average Bonchev–Trinajstić information content (AvgIpc) is 2.74. The smallest absolute Gasteiger partial charge is 0.145 e. The molecular formula is C13H9ClN2O. The summed E-state index contributed by atoms with van der Waals surface area (Å²) in [4.78, 5) is 4.33. The van der Waals surface area contributed by atoms with Crippen LogP contribution in [0.3, 0.4) is 0 Å². The van der Waals surface area contributed by atoms with Crippen LogP contribution >= 0.6 is 11.6 Å². The maximum Gasteiger partial charge on any atom is 0.145 e. The Bertz CT molecular complexity index is 691. The summed E-state index contributed by atoms with van der Waals surface area (Å²) in [5.74, 6) is 0.938. The summed E-state index contributed by atoms with van der Waals surface area (Å²) in [6.07, 6.45) is 1.76. The number of pyridine rings is 1. The predicted molar refractivity (Wildman–Crippen MR) is 67.3 cm³/mol. The fraction of sp³-hybridized carbons (Fsp3) is 0. The van der Waals surface area contributed by atoms with Crippen molar-refractivity contribution >= 4 is 17.1 Å².